The Morgan fingerprint density at radius 3 is 2.26 bits per heavy atom. The number of benzene rings is 2. The second-order valence-electron chi connectivity index (χ2n) is 6.85. The van der Waals surface area contributed by atoms with Gasteiger partial charge in [-0.1, -0.05) is 60.7 Å². The fraction of sp³-hybridized carbons (Fsp3) is 0.364. The quantitative estimate of drug-likeness (QED) is 0.754. The molecule has 2 aromatic rings. The number of nitrogens with zero attached hydrogens (tertiary/aromatic N) is 1. The number of likely N-dealkylation sites (tertiary alicyclic amines) is 1. The first-order valence-electron chi connectivity index (χ1n) is 9.26. The van der Waals surface area contributed by atoms with Crippen LogP contribution in [0.4, 0.5) is 4.79 Å². The van der Waals surface area contributed by atoms with Crippen LogP contribution >= 0.6 is 0 Å². The molecular weight excluding hydrogens is 342 g/mol. The van der Waals surface area contributed by atoms with E-state index in [1.165, 1.54) is 17.6 Å². The molecule has 1 amide bonds. The van der Waals surface area contributed by atoms with Crippen LogP contribution in [-0.2, 0) is 27.3 Å². The van der Waals surface area contributed by atoms with Crippen molar-refractivity contribution in [3.8, 4) is 0 Å². The summed E-state index contributed by atoms with van der Waals surface area (Å²) in [5, 5.41) is 0. The minimum absolute atomic E-state index is 0.192. The van der Waals surface area contributed by atoms with E-state index in [-0.39, 0.29) is 12.6 Å². The Balaban J connectivity index is 1.62. The Morgan fingerprint density at radius 2 is 1.63 bits per heavy atom. The number of carbonyl (C=O) groups excluding carboxylic acids is 2. The maximum absolute atomic E-state index is 12.6. The van der Waals surface area contributed by atoms with E-state index in [0.29, 0.717) is 18.9 Å². The normalized spacial score (nSPS) is 19.4. The van der Waals surface area contributed by atoms with E-state index in [1.54, 1.807) is 0 Å². The molecule has 2 unspecified atom stereocenters. The monoisotopic (exact) mass is 367 g/mol. The first-order valence-corrected chi connectivity index (χ1v) is 9.26. The number of esters is 1. The number of hydrogen-bond donors (Lipinski definition) is 0. The number of piperidine rings is 1. The molecule has 142 valence electrons. The van der Waals surface area contributed by atoms with Gasteiger partial charge in [-0.15, -0.1) is 0 Å². The third-order valence-corrected chi connectivity index (χ3v) is 4.99. The van der Waals surface area contributed by atoms with Crippen LogP contribution in [0, 0.1) is 5.92 Å². The molecule has 3 rings (SSSR count). The predicted octanol–water partition coefficient (Wildman–Crippen LogP) is 3.82. The fourth-order valence-corrected chi connectivity index (χ4v) is 3.55. The standard InChI is InChI=1S/C22H25NO4/c1-26-21(24)20-15-19(14-17-8-4-2-5-9-17)12-13-23(20)22(25)27-16-18-10-6-3-7-11-18/h2-11,19-20H,12-16H2,1H3. The van der Waals surface area contributed by atoms with Gasteiger partial charge in [-0.05, 0) is 36.3 Å². The highest BCUT2D eigenvalue weighted by atomic mass is 16.6. The van der Waals surface area contributed by atoms with Gasteiger partial charge in [0.05, 0.1) is 7.11 Å². The number of rotatable bonds is 5. The lowest BCUT2D eigenvalue weighted by molar-refractivity contribution is -0.148. The zero-order valence-corrected chi connectivity index (χ0v) is 15.5. The van der Waals surface area contributed by atoms with Gasteiger partial charge in [0.15, 0.2) is 0 Å². The van der Waals surface area contributed by atoms with Crippen molar-refractivity contribution in [2.75, 3.05) is 13.7 Å². The Labute approximate surface area is 159 Å². The molecule has 1 saturated heterocycles. The highest BCUT2D eigenvalue weighted by Crippen LogP contribution is 2.27. The second-order valence-corrected chi connectivity index (χ2v) is 6.85. The van der Waals surface area contributed by atoms with Gasteiger partial charge in [0.1, 0.15) is 12.6 Å². The van der Waals surface area contributed by atoms with Gasteiger partial charge in [-0.3, -0.25) is 4.90 Å². The van der Waals surface area contributed by atoms with Crippen molar-refractivity contribution in [2.45, 2.75) is 31.9 Å². The summed E-state index contributed by atoms with van der Waals surface area (Å²) in [5.41, 5.74) is 2.16. The van der Waals surface area contributed by atoms with E-state index < -0.39 is 12.1 Å². The lowest BCUT2D eigenvalue weighted by Gasteiger charge is -2.37. The first-order chi connectivity index (χ1) is 13.2. The molecular formula is C22H25NO4. The Morgan fingerprint density at radius 1 is 1.00 bits per heavy atom. The maximum Gasteiger partial charge on any atom is 0.410 e. The van der Waals surface area contributed by atoms with Gasteiger partial charge in [-0.2, -0.15) is 0 Å². The number of amides is 1. The number of carbonyl (C=O) groups is 2. The van der Waals surface area contributed by atoms with Crippen molar-refractivity contribution in [1.82, 2.24) is 4.90 Å². The molecule has 2 aromatic carbocycles. The summed E-state index contributed by atoms with van der Waals surface area (Å²) in [6.45, 7) is 0.683. The van der Waals surface area contributed by atoms with E-state index >= 15 is 0 Å². The van der Waals surface area contributed by atoms with Gasteiger partial charge < -0.3 is 9.47 Å². The van der Waals surface area contributed by atoms with Crippen molar-refractivity contribution in [3.63, 3.8) is 0 Å². The Bertz CT molecular complexity index is 747. The average molecular weight is 367 g/mol. The van der Waals surface area contributed by atoms with E-state index in [9.17, 15) is 9.59 Å². The summed E-state index contributed by atoms with van der Waals surface area (Å²) in [6, 6.07) is 19.1. The van der Waals surface area contributed by atoms with Crippen molar-refractivity contribution in [3.05, 3.63) is 71.8 Å². The maximum atomic E-state index is 12.6. The molecule has 1 heterocycles. The van der Waals surface area contributed by atoms with Crippen LogP contribution in [0.3, 0.4) is 0 Å². The van der Waals surface area contributed by atoms with Crippen LogP contribution in [0.25, 0.3) is 0 Å². The zero-order valence-electron chi connectivity index (χ0n) is 15.5. The van der Waals surface area contributed by atoms with Crippen molar-refractivity contribution in [1.29, 1.82) is 0 Å². The van der Waals surface area contributed by atoms with Gasteiger partial charge in [0, 0.05) is 6.54 Å². The van der Waals surface area contributed by atoms with E-state index in [2.05, 4.69) is 12.1 Å². The minimum atomic E-state index is -0.597. The van der Waals surface area contributed by atoms with Crippen LogP contribution in [0.1, 0.15) is 24.0 Å². The lowest BCUT2D eigenvalue weighted by Crippen LogP contribution is -2.51. The highest BCUT2D eigenvalue weighted by molar-refractivity contribution is 5.81. The molecule has 0 aromatic heterocycles. The van der Waals surface area contributed by atoms with Crippen molar-refractivity contribution < 1.29 is 19.1 Å². The molecule has 2 atom stereocenters. The molecule has 1 aliphatic heterocycles. The van der Waals surface area contributed by atoms with Crippen LogP contribution in [0.15, 0.2) is 60.7 Å². The summed E-state index contributed by atoms with van der Waals surface area (Å²) in [7, 11) is 1.36. The predicted molar refractivity (Wildman–Crippen MR) is 102 cm³/mol. The van der Waals surface area contributed by atoms with Crippen LogP contribution in [0.2, 0.25) is 0 Å². The topological polar surface area (TPSA) is 55.8 Å². The van der Waals surface area contributed by atoms with Crippen LogP contribution < -0.4 is 0 Å². The van der Waals surface area contributed by atoms with Crippen molar-refractivity contribution in [2.24, 2.45) is 5.92 Å². The third kappa shape index (κ3) is 5.09. The zero-order chi connectivity index (χ0) is 19.1. The average Bonchev–Trinajstić information content (AvgIpc) is 2.73. The molecule has 27 heavy (non-hydrogen) atoms. The number of hydrogen-bond acceptors (Lipinski definition) is 4. The van der Waals surface area contributed by atoms with E-state index in [4.69, 9.17) is 9.47 Å². The number of methoxy groups -OCH3 is 1. The molecule has 0 aliphatic carbocycles. The molecule has 5 heteroatoms. The smallest absolute Gasteiger partial charge is 0.410 e. The molecule has 0 N–H and O–H groups in total. The molecule has 0 radical (unpaired) electrons. The molecule has 0 saturated carbocycles. The van der Waals surface area contributed by atoms with E-state index in [0.717, 1.165) is 18.4 Å². The van der Waals surface area contributed by atoms with Gasteiger partial charge in [0.2, 0.25) is 0 Å². The molecule has 1 fully saturated rings. The van der Waals surface area contributed by atoms with Crippen LogP contribution in [0.5, 0.6) is 0 Å². The molecule has 1 aliphatic rings. The summed E-state index contributed by atoms with van der Waals surface area (Å²) in [6.07, 6.45) is 1.85. The second kappa shape index (κ2) is 9.21. The third-order valence-electron chi connectivity index (χ3n) is 4.99. The molecule has 0 spiro atoms. The SMILES string of the molecule is COC(=O)C1CC(Cc2ccccc2)CCN1C(=O)OCc1ccccc1. The highest BCUT2D eigenvalue weighted by Gasteiger charge is 2.37. The Kier molecular flexibility index (Phi) is 6.47. The molecule has 0 bridgehead atoms. The van der Waals surface area contributed by atoms with E-state index in [1.807, 2.05) is 48.5 Å². The Hall–Kier alpha value is -2.82. The number of ether oxygens (including phenoxy) is 2. The van der Waals surface area contributed by atoms with Gasteiger partial charge >= 0.3 is 12.1 Å². The summed E-state index contributed by atoms with van der Waals surface area (Å²) in [4.78, 5) is 26.4. The van der Waals surface area contributed by atoms with Crippen LogP contribution in [-0.4, -0.2) is 36.7 Å². The summed E-state index contributed by atoms with van der Waals surface area (Å²) < 4.78 is 10.4. The fourth-order valence-electron chi connectivity index (χ4n) is 3.55. The van der Waals surface area contributed by atoms with Gasteiger partial charge in [0.25, 0.3) is 0 Å². The van der Waals surface area contributed by atoms with Gasteiger partial charge in [-0.25, -0.2) is 9.59 Å². The minimum Gasteiger partial charge on any atom is -0.467 e. The molecule has 5 nitrogen and oxygen atoms in total. The summed E-state index contributed by atoms with van der Waals surface area (Å²) >= 11 is 0. The summed E-state index contributed by atoms with van der Waals surface area (Å²) in [5.74, 6) is -0.0564. The first kappa shape index (κ1) is 19.0. The lowest BCUT2D eigenvalue weighted by atomic mass is 9.86. The largest absolute Gasteiger partial charge is 0.467 e. The van der Waals surface area contributed by atoms with Crippen molar-refractivity contribution >= 4 is 12.1 Å².